The lowest BCUT2D eigenvalue weighted by molar-refractivity contribution is 0.361. The van der Waals surface area contributed by atoms with E-state index < -0.39 is 0 Å². The van der Waals surface area contributed by atoms with E-state index in [4.69, 9.17) is 0 Å². The Balaban J connectivity index is 1.98. The van der Waals surface area contributed by atoms with Gasteiger partial charge >= 0.3 is 0 Å². The van der Waals surface area contributed by atoms with E-state index in [1.807, 2.05) is 16.8 Å². The fourth-order valence-corrected chi connectivity index (χ4v) is 2.58. The number of hydrogen-bond donors (Lipinski definition) is 1. The summed E-state index contributed by atoms with van der Waals surface area (Å²) in [6, 6.07) is 4.84. The first-order valence-corrected chi connectivity index (χ1v) is 6.95. The smallest absolute Gasteiger partial charge is 0.222 e. The van der Waals surface area contributed by atoms with E-state index in [0.29, 0.717) is 12.1 Å². The fraction of sp³-hybridized carbons (Fsp3) is 0.500. The van der Waals surface area contributed by atoms with Crippen molar-refractivity contribution in [2.45, 2.75) is 45.2 Å². The van der Waals surface area contributed by atoms with Crippen molar-refractivity contribution in [1.82, 2.24) is 19.7 Å². The summed E-state index contributed by atoms with van der Waals surface area (Å²) in [5.74, 6) is 1.68. The highest BCUT2D eigenvalue weighted by Crippen LogP contribution is 2.30. The molecule has 1 N–H and O–H groups in total. The Morgan fingerprint density at radius 3 is 2.74 bits per heavy atom. The molecule has 2 aromatic heterocycles. The molecule has 3 heterocycles. The second-order valence-corrected chi connectivity index (χ2v) is 4.99. The number of fused-ring (bicyclic) bond motifs is 1. The zero-order chi connectivity index (χ0) is 13.2. The quantitative estimate of drug-likeness (QED) is 0.918. The number of nitrogens with zero attached hydrogens (tertiary/aromatic N) is 4. The van der Waals surface area contributed by atoms with E-state index >= 15 is 0 Å². The molecule has 5 heteroatoms. The lowest BCUT2D eigenvalue weighted by Gasteiger charge is -2.29. The monoisotopic (exact) mass is 257 g/mol. The summed E-state index contributed by atoms with van der Waals surface area (Å²) in [5, 5.41) is 8.13. The van der Waals surface area contributed by atoms with E-state index in [1.54, 1.807) is 12.4 Å². The van der Waals surface area contributed by atoms with Gasteiger partial charge in [0, 0.05) is 24.0 Å². The minimum atomic E-state index is 0.448. The molecule has 1 aliphatic rings. The van der Waals surface area contributed by atoms with Crippen LogP contribution in [0.25, 0.3) is 11.4 Å². The zero-order valence-corrected chi connectivity index (χ0v) is 11.4. The summed E-state index contributed by atoms with van der Waals surface area (Å²) >= 11 is 0. The predicted molar refractivity (Wildman–Crippen MR) is 74.9 cm³/mol. The summed E-state index contributed by atoms with van der Waals surface area (Å²) in [5.41, 5.74) is 1.02. The SMILES string of the molecule is CCC1CC(CC)n2nc(-c3ccncc3)nc2N1. The molecule has 2 unspecified atom stereocenters. The molecule has 0 bridgehead atoms. The van der Waals surface area contributed by atoms with Gasteiger partial charge < -0.3 is 5.32 Å². The lowest BCUT2D eigenvalue weighted by atomic mass is 10.0. The van der Waals surface area contributed by atoms with Crippen molar-refractivity contribution >= 4 is 5.95 Å². The van der Waals surface area contributed by atoms with Crippen molar-refractivity contribution in [1.29, 1.82) is 0 Å². The van der Waals surface area contributed by atoms with Gasteiger partial charge in [0.2, 0.25) is 5.95 Å². The average Bonchev–Trinajstić information content (AvgIpc) is 2.91. The molecule has 0 saturated carbocycles. The van der Waals surface area contributed by atoms with Crippen molar-refractivity contribution in [3.63, 3.8) is 0 Å². The Hall–Kier alpha value is -1.91. The molecular formula is C14H19N5. The third-order valence-corrected chi connectivity index (χ3v) is 3.77. The number of nitrogens with one attached hydrogen (secondary N) is 1. The van der Waals surface area contributed by atoms with E-state index in [1.165, 1.54) is 0 Å². The predicted octanol–water partition coefficient (Wildman–Crippen LogP) is 2.89. The van der Waals surface area contributed by atoms with Gasteiger partial charge in [-0.2, -0.15) is 4.98 Å². The van der Waals surface area contributed by atoms with Crippen LogP contribution in [0.2, 0.25) is 0 Å². The normalized spacial score (nSPS) is 21.8. The summed E-state index contributed by atoms with van der Waals surface area (Å²) in [7, 11) is 0. The highest BCUT2D eigenvalue weighted by Gasteiger charge is 2.27. The van der Waals surface area contributed by atoms with Crippen LogP contribution in [0, 0.1) is 0 Å². The third-order valence-electron chi connectivity index (χ3n) is 3.77. The Labute approximate surface area is 113 Å². The van der Waals surface area contributed by atoms with E-state index in [0.717, 1.165) is 36.6 Å². The maximum atomic E-state index is 4.66. The topological polar surface area (TPSA) is 55.6 Å². The Bertz CT molecular complexity index is 548. The number of aromatic nitrogens is 4. The van der Waals surface area contributed by atoms with Gasteiger partial charge in [-0.1, -0.05) is 13.8 Å². The molecule has 0 aliphatic carbocycles. The number of pyridine rings is 1. The molecule has 0 aromatic carbocycles. The summed E-state index contributed by atoms with van der Waals surface area (Å²) in [6.07, 6.45) is 6.88. The zero-order valence-electron chi connectivity index (χ0n) is 11.4. The molecule has 1 aliphatic heterocycles. The summed E-state index contributed by atoms with van der Waals surface area (Å²) < 4.78 is 2.04. The molecular weight excluding hydrogens is 238 g/mol. The molecule has 19 heavy (non-hydrogen) atoms. The largest absolute Gasteiger partial charge is 0.352 e. The van der Waals surface area contributed by atoms with Crippen LogP contribution in [0.5, 0.6) is 0 Å². The first-order chi connectivity index (χ1) is 9.31. The molecule has 0 saturated heterocycles. The van der Waals surface area contributed by atoms with Gasteiger partial charge in [-0.05, 0) is 31.4 Å². The number of hydrogen-bond acceptors (Lipinski definition) is 4. The molecule has 2 atom stereocenters. The van der Waals surface area contributed by atoms with Gasteiger partial charge in [0.05, 0.1) is 6.04 Å². The standard InChI is InChI=1S/C14H19N5/c1-3-11-9-12(4-2)19-14(16-11)17-13(18-19)10-5-7-15-8-6-10/h5-8,11-12H,3-4,9H2,1-2H3,(H,16,17,18). The van der Waals surface area contributed by atoms with Crippen LogP contribution in [0.4, 0.5) is 5.95 Å². The van der Waals surface area contributed by atoms with Crippen molar-refractivity contribution in [3.8, 4) is 11.4 Å². The molecule has 0 spiro atoms. The van der Waals surface area contributed by atoms with Crippen LogP contribution in [-0.2, 0) is 0 Å². The van der Waals surface area contributed by atoms with Crippen molar-refractivity contribution in [3.05, 3.63) is 24.5 Å². The maximum absolute atomic E-state index is 4.66. The van der Waals surface area contributed by atoms with Crippen LogP contribution >= 0.6 is 0 Å². The van der Waals surface area contributed by atoms with Crippen LogP contribution in [0.1, 0.15) is 39.2 Å². The highest BCUT2D eigenvalue weighted by atomic mass is 15.4. The van der Waals surface area contributed by atoms with Crippen LogP contribution < -0.4 is 5.32 Å². The Morgan fingerprint density at radius 2 is 2.05 bits per heavy atom. The van der Waals surface area contributed by atoms with E-state index in [-0.39, 0.29) is 0 Å². The maximum Gasteiger partial charge on any atom is 0.222 e. The minimum Gasteiger partial charge on any atom is -0.352 e. The summed E-state index contributed by atoms with van der Waals surface area (Å²) in [6.45, 7) is 4.42. The molecule has 0 fully saturated rings. The first-order valence-electron chi connectivity index (χ1n) is 6.95. The van der Waals surface area contributed by atoms with Crippen molar-refractivity contribution in [2.24, 2.45) is 0 Å². The third kappa shape index (κ3) is 2.20. The first kappa shape index (κ1) is 12.1. The minimum absolute atomic E-state index is 0.448. The highest BCUT2D eigenvalue weighted by molar-refractivity contribution is 5.55. The van der Waals surface area contributed by atoms with Crippen molar-refractivity contribution in [2.75, 3.05) is 5.32 Å². The second-order valence-electron chi connectivity index (χ2n) is 4.99. The van der Waals surface area contributed by atoms with Gasteiger partial charge in [-0.15, -0.1) is 5.10 Å². The van der Waals surface area contributed by atoms with E-state index in [2.05, 4.69) is 34.2 Å². The Kier molecular flexibility index (Phi) is 3.19. The lowest BCUT2D eigenvalue weighted by Crippen LogP contribution is -2.31. The fourth-order valence-electron chi connectivity index (χ4n) is 2.58. The van der Waals surface area contributed by atoms with Crippen LogP contribution in [0.15, 0.2) is 24.5 Å². The molecule has 5 nitrogen and oxygen atoms in total. The molecule has 2 aromatic rings. The average molecular weight is 257 g/mol. The van der Waals surface area contributed by atoms with Gasteiger partial charge in [-0.3, -0.25) is 4.98 Å². The Morgan fingerprint density at radius 1 is 1.26 bits per heavy atom. The van der Waals surface area contributed by atoms with E-state index in [9.17, 15) is 0 Å². The molecule has 0 amide bonds. The summed E-state index contributed by atoms with van der Waals surface area (Å²) in [4.78, 5) is 8.66. The van der Waals surface area contributed by atoms with Gasteiger partial charge in [0.25, 0.3) is 0 Å². The van der Waals surface area contributed by atoms with Gasteiger partial charge in [0.1, 0.15) is 0 Å². The second kappa shape index (κ2) is 4.99. The molecule has 0 radical (unpaired) electrons. The van der Waals surface area contributed by atoms with Gasteiger partial charge in [-0.25, -0.2) is 4.68 Å². The van der Waals surface area contributed by atoms with Crippen LogP contribution in [-0.4, -0.2) is 25.8 Å². The van der Waals surface area contributed by atoms with Crippen molar-refractivity contribution < 1.29 is 0 Å². The number of anilines is 1. The van der Waals surface area contributed by atoms with Gasteiger partial charge in [0.15, 0.2) is 5.82 Å². The number of rotatable bonds is 3. The molecule has 3 rings (SSSR count). The van der Waals surface area contributed by atoms with Crippen LogP contribution in [0.3, 0.4) is 0 Å². The molecule has 100 valence electrons.